The number of rotatable bonds is 1. The molecule has 1 N–H and O–H groups in total. The SMILES string of the molecule is Cl.N#Cc1ccc(N2CCC3NCCC32)nc1. The zero-order chi connectivity index (χ0) is 11.0. The van der Waals surface area contributed by atoms with E-state index in [9.17, 15) is 0 Å². The first-order chi connectivity index (χ1) is 7.88. The van der Waals surface area contributed by atoms with Crippen molar-refractivity contribution in [3.05, 3.63) is 23.9 Å². The van der Waals surface area contributed by atoms with Gasteiger partial charge in [0.05, 0.1) is 5.56 Å². The van der Waals surface area contributed by atoms with Gasteiger partial charge in [0, 0.05) is 24.8 Å². The summed E-state index contributed by atoms with van der Waals surface area (Å²) in [5, 5.41) is 12.2. The molecule has 1 aromatic heterocycles. The van der Waals surface area contributed by atoms with Crippen LogP contribution in [0.25, 0.3) is 0 Å². The average Bonchev–Trinajstić information content (AvgIpc) is 2.91. The molecule has 3 heterocycles. The van der Waals surface area contributed by atoms with Gasteiger partial charge in [-0.25, -0.2) is 4.98 Å². The van der Waals surface area contributed by atoms with Gasteiger partial charge in [-0.3, -0.25) is 0 Å². The van der Waals surface area contributed by atoms with E-state index in [1.165, 1.54) is 12.8 Å². The molecule has 0 radical (unpaired) electrons. The molecule has 2 unspecified atom stereocenters. The van der Waals surface area contributed by atoms with Crippen LogP contribution in [0.3, 0.4) is 0 Å². The fraction of sp³-hybridized carbons (Fsp3) is 0.500. The normalized spacial score (nSPS) is 26.2. The molecular formula is C12H15ClN4. The summed E-state index contributed by atoms with van der Waals surface area (Å²) >= 11 is 0. The number of fused-ring (bicyclic) bond motifs is 1. The highest BCUT2D eigenvalue weighted by Gasteiger charge is 2.37. The van der Waals surface area contributed by atoms with Gasteiger partial charge in [-0.15, -0.1) is 12.4 Å². The second-order valence-corrected chi connectivity index (χ2v) is 4.42. The van der Waals surface area contributed by atoms with E-state index in [1.807, 2.05) is 12.1 Å². The second-order valence-electron chi connectivity index (χ2n) is 4.42. The van der Waals surface area contributed by atoms with E-state index >= 15 is 0 Å². The van der Waals surface area contributed by atoms with Gasteiger partial charge < -0.3 is 10.2 Å². The van der Waals surface area contributed by atoms with Crippen molar-refractivity contribution < 1.29 is 0 Å². The van der Waals surface area contributed by atoms with Crippen LogP contribution in [0.5, 0.6) is 0 Å². The first-order valence-electron chi connectivity index (χ1n) is 5.74. The molecule has 0 aromatic carbocycles. The van der Waals surface area contributed by atoms with E-state index in [0.29, 0.717) is 17.6 Å². The van der Waals surface area contributed by atoms with Crippen LogP contribution in [-0.2, 0) is 0 Å². The lowest BCUT2D eigenvalue weighted by Gasteiger charge is -2.24. The molecule has 2 saturated heterocycles. The molecule has 4 nitrogen and oxygen atoms in total. The molecule has 0 saturated carbocycles. The van der Waals surface area contributed by atoms with E-state index < -0.39 is 0 Å². The molecule has 17 heavy (non-hydrogen) atoms. The van der Waals surface area contributed by atoms with Crippen LogP contribution in [0.2, 0.25) is 0 Å². The third-order valence-corrected chi connectivity index (χ3v) is 3.56. The Labute approximate surface area is 107 Å². The highest BCUT2D eigenvalue weighted by atomic mass is 35.5. The third-order valence-electron chi connectivity index (χ3n) is 3.56. The van der Waals surface area contributed by atoms with Crippen molar-refractivity contribution in [3.63, 3.8) is 0 Å². The smallest absolute Gasteiger partial charge is 0.128 e. The van der Waals surface area contributed by atoms with Crippen molar-refractivity contribution in [1.82, 2.24) is 10.3 Å². The summed E-state index contributed by atoms with van der Waals surface area (Å²) < 4.78 is 0. The largest absolute Gasteiger partial charge is 0.352 e. The van der Waals surface area contributed by atoms with Crippen LogP contribution in [-0.4, -0.2) is 30.2 Å². The summed E-state index contributed by atoms with van der Waals surface area (Å²) in [7, 11) is 0. The minimum absolute atomic E-state index is 0. The van der Waals surface area contributed by atoms with Crippen molar-refractivity contribution in [2.75, 3.05) is 18.0 Å². The van der Waals surface area contributed by atoms with Crippen molar-refractivity contribution in [1.29, 1.82) is 5.26 Å². The maximum absolute atomic E-state index is 8.73. The minimum Gasteiger partial charge on any atom is -0.352 e. The van der Waals surface area contributed by atoms with Crippen molar-refractivity contribution in [2.45, 2.75) is 24.9 Å². The number of nitriles is 1. The second kappa shape index (κ2) is 4.91. The Hall–Kier alpha value is -1.31. The lowest BCUT2D eigenvalue weighted by atomic mass is 10.1. The topological polar surface area (TPSA) is 52.0 Å². The van der Waals surface area contributed by atoms with E-state index in [2.05, 4.69) is 21.3 Å². The van der Waals surface area contributed by atoms with E-state index in [1.54, 1.807) is 6.20 Å². The molecule has 5 heteroatoms. The number of halogens is 1. The zero-order valence-corrected chi connectivity index (χ0v) is 10.3. The highest BCUT2D eigenvalue weighted by Crippen LogP contribution is 2.28. The average molecular weight is 251 g/mol. The Kier molecular flexibility index (Phi) is 3.51. The zero-order valence-electron chi connectivity index (χ0n) is 9.47. The molecule has 1 aromatic rings. The van der Waals surface area contributed by atoms with Crippen molar-refractivity contribution >= 4 is 18.2 Å². The molecule has 0 bridgehead atoms. The van der Waals surface area contributed by atoms with E-state index in [-0.39, 0.29) is 12.4 Å². The van der Waals surface area contributed by atoms with Gasteiger partial charge in [0.2, 0.25) is 0 Å². The van der Waals surface area contributed by atoms with Gasteiger partial charge in [0.1, 0.15) is 11.9 Å². The summed E-state index contributed by atoms with van der Waals surface area (Å²) in [6.45, 7) is 2.18. The number of hydrogen-bond donors (Lipinski definition) is 1. The summed E-state index contributed by atoms with van der Waals surface area (Å²) in [5.41, 5.74) is 0.629. The molecule has 0 amide bonds. The molecule has 90 valence electrons. The van der Waals surface area contributed by atoms with Gasteiger partial charge in [0.15, 0.2) is 0 Å². The lowest BCUT2D eigenvalue weighted by Crippen LogP contribution is -2.34. The predicted molar refractivity (Wildman–Crippen MR) is 68.4 cm³/mol. The van der Waals surface area contributed by atoms with Gasteiger partial charge in [-0.2, -0.15) is 5.26 Å². The number of nitrogens with zero attached hydrogens (tertiary/aromatic N) is 3. The Morgan fingerprint density at radius 2 is 2.29 bits per heavy atom. The fourth-order valence-electron chi connectivity index (χ4n) is 2.77. The van der Waals surface area contributed by atoms with Gasteiger partial charge in [-0.05, 0) is 31.5 Å². The third kappa shape index (κ3) is 2.08. The van der Waals surface area contributed by atoms with Crippen molar-refractivity contribution in [3.8, 4) is 6.07 Å². The van der Waals surface area contributed by atoms with E-state index in [4.69, 9.17) is 5.26 Å². The first kappa shape index (κ1) is 12.2. The van der Waals surface area contributed by atoms with Gasteiger partial charge >= 0.3 is 0 Å². The van der Waals surface area contributed by atoms with Crippen LogP contribution in [0.1, 0.15) is 18.4 Å². The number of aromatic nitrogens is 1. The fourth-order valence-corrected chi connectivity index (χ4v) is 2.77. The summed E-state index contributed by atoms with van der Waals surface area (Å²) in [6.07, 6.45) is 4.06. The summed E-state index contributed by atoms with van der Waals surface area (Å²) in [4.78, 5) is 6.73. The summed E-state index contributed by atoms with van der Waals surface area (Å²) in [6, 6.07) is 7.13. The molecule has 2 aliphatic heterocycles. The molecule has 0 spiro atoms. The maximum atomic E-state index is 8.73. The minimum atomic E-state index is 0. The monoisotopic (exact) mass is 250 g/mol. The van der Waals surface area contributed by atoms with Gasteiger partial charge in [-0.1, -0.05) is 0 Å². The Balaban J connectivity index is 0.00000108. The van der Waals surface area contributed by atoms with Crippen LogP contribution in [0, 0.1) is 11.3 Å². The van der Waals surface area contributed by atoms with Gasteiger partial charge in [0.25, 0.3) is 0 Å². The maximum Gasteiger partial charge on any atom is 0.128 e. The number of anilines is 1. The first-order valence-corrected chi connectivity index (χ1v) is 5.74. The predicted octanol–water partition coefficient (Wildman–Crippen LogP) is 1.32. The standard InChI is InChI=1S/C12H14N4.ClH/c13-7-9-1-2-12(15-8-9)16-6-4-10-11(16)3-5-14-10;/h1-2,8,10-11,14H,3-6H2;1H. The van der Waals surface area contributed by atoms with Crippen LogP contribution < -0.4 is 10.2 Å². The number of hydrogen-bond acceptors (Lipinski definition) is 4. The quantitative estimate of drug-likeness (QED) is 0.817. The lowest BCUT2D eigenvalue weighted by molar-refractivity contribution is 0.600. The Bertz CT molecular complexity index is 425. The summed E-state index contributed by atoms with van der Waals surface area (Å²) in [5.74, 6) is 1.01. The Morgan fingerprint density at radius 3 is 3.00 bits per heavy atom. The molecule has 3 rings (SSSR count). The molecule has 2 fully saturated rings. The molecule has 2 atom stereocenters. The number of nitrogens with one attached hydrogen (secondary N) is 1. The van der Waals surface area contributed by atoms with Crippen molar-refractivity contribution in [2.24, 2.45) is 0 Å². The van der Waals surface area contributed by atoms with Crippen LogP contribution in [0.15, 0.2) is 18.3 Å². The van der Waals surface area contributed by atoms with Crippen LogP contribution in [0.4, 0.5) is 5.82 Å². The highest BCUT2D eigenvalue weighted by molar-refractivity contribution is 5.85. The Morgan fingerprint density at radius 1 is 1.41 bits per heavy atom. The van der Waals surface area contributed by atoms with E-state index in [0.717, 1.165) is 18.9 Å². The number of pyridine rings is 1. The molecule has 0 aliphatic carbocycles. The molecule has 2 aliphatic rings. The molecular weight excluding hydrogens is 236 g/mol. The van der Waals surface area contributed by atoms with Crippen LogP contribution >= 0.6 is 12.4 Å².